The van der Waals surface area contributed by atoms with Crippen LogP contribution in [0.5, 0.6) is 11.5 Å². The van der Waals surface area contributed by atoms with Gasteiger partial charge >= 0.3 is 0 Å². The number of nitrogens with zero attached hydrogens (tertiary/aromatic N) is 3. The number of hydrogen-bond acceptors (Lipinski definition) is 5. The van der Waals surface area contributed by atoms with Gasteiger partial charge in [0.05, 0.1) is 29.2 Å². The van der Waals surface area contributed by atoms with Crippen LogP contribution in [-0.4, -0.2) is 44.4 Å². The normalized spacial score (nSPS) is 32.1. The summed E-state index contributed by atoms with van der Waals surface area (Å²) >= 11 is 0. The average molecular weight is 468 g/mol. The van der Waals surface area contributed by atoms with E-state index < -0.39 is 11.0 Å². The number of phenolic OH excluding ortho intramolecular Hbond substituents is 1. The molecule has 6 heteroatoms. The maximum Gasteiger partial charge on any atom is 0.166 e. The number of phenols is 1. The van der Waals surface area contributed by atoms with Crippen LogP contribution in [0.3, 0.4) is 0 Å². The molecule has 2 unspecified atom stereocenters. The SMILES string of the molecule is N#CCCn1c2c(c3ccccc31)CC1(O)[C@H]3Cc4ccc(O)c5c4[C@@]1(CCN3CC1CC1)C2O5. The summed E-state index contributed by atoms with van der Waals surface area (Å²) in [6, 6.07) is 14.5. The number of aromatic hydroxyl groups is 1. The highest BCUT2D eigenvalue weighted by Crippen LogP contribution is 2.69. The lowest BCUT2D eigenvalue weighted by atomic mass is 9.49. The van der Waals surface area contributed by atoms with Gasteiger partial charge in [0.25, 0.3) is 0 Å². The molecular weight excluding hydrogens is 438 g/mol. The van der Waals surface area contributed by atoms with Crippen LogP contribution in [0.15, 0.2) is 36.4 Å². The summed E-state index contributed by atoms with van der Waals surface area (Å²) in [5.41, 5.74) is 4.01. The van der Waals surface area contributed by atoms with Crippen LogP contribution in [0.2, 0.25) is 0 Å². The molecule has 2 fully saturated rings. The van der Waals surface area contributed by atoms with Gasteiger partial charge in [0.1, 0.15) is 0 Å². The fourth-order valence-electron chi connectivity index (χ4n) is 8.21. The third-order valence-electron chi connectivity index (χ3n) is 9.78. The summed E-state index contributed by atoms with van der Waals surface area (Å²) in [6.07, 6.45) is 4.79. The second-order valence-corrected chi connectivity index (χ2v) is 11.4. The van der Waals surface area contributed by atoms with Gasteiger partial charge in [0.15, 0.2) is 17.6 Å². The summed E-state index contributed by atoms with van der Waals surface area (Å²) in [5.74, 6) is 1.48. The summed E-state index contributed by atoms with van der Waals surface area (Å²) in [4.78, 5) is 2.56. The highest BCUT2D eigenvalue weighted by atomic mass is 16.5. The third kappa shape index (κ3) is 2.32. The second-order valence-electron chi connectivity index (χ2n) is 11.4. The quantitative estimate of drug-likeness (QED) is 0.607. The molecule has 35 heavy (non-hydrogen) atoms. The number of hydrogen-bond donors (Lipinski definition) is 2. The highest BCUT2D eigenvalue weighted by Gasteiger charge is 2.73. The number of aromatic nitrogens is 1. The van der Waals surface area contributed by atoms with E-state index in [4.69, 9.17) is 4.74 Å². The molecule has 2 N–H and O–H groups in total. The monoisotopic (exact) mass is 467 g/mol. The van der Waals surface area contributed by atoms with Crippen molar-refractivity contribution >= 4 is 10.9 Å². The lowest BCUT2D eigenvalue weighted by molar-refractivity contribution is -0.173. The van der Waals surface area contributed by atoms with E-state index in [0.717, 1.165) is 59.6 Å². The molecule has 1 saturated heterocycles. The van der Waals surface area contributed by atoms with Gasteiger partial charge in [-0.2, -0.15) is 5.26 Å². The lowest BCUT2D eigenvalue weighted by Crippen LogP contribution is -2.74. The molecule has 1 spiro atoms. The third-order valence-corrected chi connectivity index (χ3v) is 9.78. The molecule has 1 aromatic heterocycles. The van der Waals surface area contributed by atoms with Crippen molar-refractivity contribution < 1.29 is 14.9 Å². The second kappa shape index (κ2) is 6.60. The zero-order valence-electron chi connectivity index (χ0n) is 19.7. The Labute approximate surface area is 204 Å². The number of fused-ring (bicyclic) bond motifs is 4. The minimum Gasteiger partial charge on any atom is -0.504 e. The Kier molecular flexibility index (Phi) is 3.81. The van der Waals surface area contributed by atoms with Gasteiger partial charge in [-0.3, -0.25) is 4.90 Å². The first-order valence-corrected chi connectivity index (χ1v) is 13.0. The number of aryl methyl sites for hydroxylation is 1. The van der Waals surface area contributed by atoms with Crippen LogP contribution < -0.4 is 4.74 Å². The smallest absolute Gasteiger partial charge is 0.166 e. The molecule has 3 heterocycles. The molecule has 4 atom stereocenters. The van der Waals surface area contributed by atoms with Crippen molar-refractivity contribution in [2.24, 2.45) is 5.92 Å². The van der Waals surface area contributed by atoms with E-state index in [1.54, 1.807) is 6.07 Å². The van der Waals surface area contributed by atoms with Crippen molar-refractivity contribution in [3.05, 3.63) is 58.8 Å². The maximum atomic E-state index is 12.9. The molecule has 3 aromatic rings. The average Bonchev–Trinajstić information content (AvgIpc) is 3.53. The number of rotatable bonds is 4. The fraction of sp³-hybridized carbons (Fsp3) is 0.483. The molecule has 2 bridgehead atoms. The standard InChI is InChI=1S/C29H29N3O3/c30-11-3-12-32-21-5-2-1-4-19(21)20-15-29(34)23-14-18-8-9-22(33)26-24(18)28(29,27(35-26)25(20)32)10-13-31(23)16-17-6-7-17/h1-2,4-5,8-9,17,23,27,33-34H,3,6-7,10,12-16H2/t23-,27?,28+,29?/m1/s1. The number of ether oxygens (including phenoxy) is 1. The van der Waals surface area contributed by atoms with E-state index >= 15 is 0 Å². The van der Waals surface area contributed by atoms with Gasteiger partial charge < -0.3 is 19.5 Å². The number of likely N-dealkylation sites (tertiary alicyclic amines) is 1. The van der Waals surface area contributed by atoms with Crippen molar-refractivity contribution in [3.63, 3.8) is 0 Å². The molecule has 2 aliphatic heterocycles. The van der Waals surface area contributed by atoms with E-state index in [-0.39, 0.29) is 17.9 Å². The Balaban J connectivity index is 1.42. The van der Waals surface area contributed by atoms with Gasteiger partial charge in [-0.1, -0.05) is 24.3 Å². The molecule has 1 saturated carbocycles. The van der Waals surface area contributed by atoms with E-state index in [2.05, 4.69) is 39.8 Å². The topological polar surface area (TPSA) is 81.7 Å². The Morgan fingerprint density at radius 3 is 2.86 bits per heavy atom. The fourth-order valence-corrected chi connectivity index (χ4v) is 8.21. The number of para-hydroxylation sites is 1. The van der Waals surface area contributed by atoms with E-state index in [9.17, 15) is 15.5 Å². The largest absolute Gasteiger partial charge is 0.504 e. The first kappa shape index (κ1) is 20.2. The summed E-state index contributed by atoms with van der Waals surface area (Å²) < 4.78 is 9.01. The van der Waals surface area contributed by atoms with Crippen LogP contribution in [0.1, 0.15) is 54.2 Å². The molecule has 8 rings (SSSR count). The minimum absolute atomic E-state index is 0.0281. The number of piperidine rings is 1. The summed E-state index contributed by atoms with van der Waals surface area (Å²) in [7, 11) is 0. The van der Waals surface area contributed by atoms with Crippen molar-refractivity contribution in [1.82, 2.24) is 9.47 Å². The van der Waals surface area contributed by atoms with E-state index in [0.29, 0.717) is 25.1 Å². The maximum absolute atomic E-state index is 12.9. The molecule has 178 valence electrons. The molecule has 0 radical (unpaired) electrons. The Morgan fingerprint density at radius 1 is 1.17 bits per heavy atom. The van der Waals surface area contributed by atoms with Crippen LogP contribution >= 0.6 is 0 Å². The number of benzene rings is 2. The van der Waals surface area contributed by atoms with Gasteiger partial charge in [0.2, 0.25) is 0 Å². The van der Waals surface area contributed by atoms with Crippen molar-refractivity contribution in [2.45, 2.75) is 68.2 Å². The van der Waals surface area contributed by atoms with Crippen molar-refractivity contribution in [1.29, 1.82) is 5.26 Å². The Bertz CT molecular complexity index is 1450. The zero-order valence-corrected chi connectivity index (χ0v) is 19.7. The molecule has 0 amide bonds. The molecule has 5 aliphatic rings. The van der Waals surface area contributed by atoms with Crippen LogP contribution in [0, 0.1) is 17.2 Å². The highest BCUT2D eigenvalue weighted by molar-refractivity contribution is 5.87. The van der Waals surface area contributed by atoms with Crippen LogP contribution in [-0.2, 0) is 24.8 Å². The molecular formula is C29H29N3O3. The van der Waals surface area contributed by atoms with Crippen LogP contribution in [0.4, 0.5) is 0 Å². The summed E-state index contributed by atoms with van der Waals surface area (Å²) in [6.45, 7) is 2.59. The zero-order chi connectivity index (χ0) is 23.5. The Morgan fingerprint density at radius 2 is 2.03 bits per heavy atom. The van der Waals surface area contributed by atoms with Gasteiger partial charge in [-0.25, -0.2) is 0 Å². The van der Waals surface area contributed by atoms with Crippen molar-refractivity contribution in [2.75, 3.05) is 13.1 Å². The van der Waals surface area contributed by atoms with Gasteiger partial charge in [-0.05, 0) is 61.4 Å². The number of aliphatic hydroxyl groups is 1. The first-order chi connectivity index (χ1) is 17.1. The first-order valence-electron chi connectivity index (χ1n) is 13.0. The van der Waals surface area contributed by atoms with E-state index in [1.165, 1.54) is 18.4 Å². The van der Waals surface area contributed by atoms with E-state index in [1.807, 2.05) is 6.07 Å². The molecule has 2 aromatic carbocycles. The van der Waals surface area contributed by atoms with Gasteiger partial charge in [-0.15, -0.1) is 0 Å². The molecule has 3 aliphatic carbocycles. The number of nitriles is 1. The lowest BCUT2D eigenvalue weighted by Gasteiger charge is -2.63. The van der Waals surface area contributed by atoms with Crippen molar-refractivity contribution in [3.8, 4) is 17.6 Å². The van der Waals surface area contributed by atoms with Crippen LogP contribution in [0.25, 0.3) is 10.9 Å². The Hall–Kier alpha value is -3.01. The minimum atomic E-state index is -0.978. The molecule has 6 nitrogen and oxygen atoms in total. The summed E-state index contributed by atoms with van der Waals surface area (Å²) in [5, 5.41) is 34.4. The van der Waals surface area contributed by atoms with Gasteiger partial charge in [0, 0.05) is 42.0 Å². The predicted molar refractivity (Wildman–Crippen MR) is 130 cm³/mol. The predicted octanol–water partition coefficient (Wildman–Crippen LogP) is 3.96.